The highest BCUT2D eigenvalue weighted by molar-refractivity contribution is 5.81. The van der Waals surface area contributed by atoms with Crippen molar-refractivity contribution in [2.24, 2.45) is 11.8 Å². The fourth-order valence-electron chi connectivity index (χ4n) is 1.96. The van der Waals surface area contributed by atoms with Crippen LogP contribution >= 0.6 is 0 Å². The first kappa shape index (κ1) is 9.00. The van der Waals surface area contributed by atoms with Gasteiger partial charge in [-0.1, -0.05) is 6.92 Å². The van der Waals surface area contributed by atoms with Crippen molar-refractivity contribution < 1.29 is 4.79 Å². The van der Waals surface area contributed by atoms with Crippen LogP contribution in [0.15, 0.2) is 0 Å². The number of carbonyl (C=O) groups is 1. The van der Waals surface area contributed by atoms with E-state index in [1.54, 1.807) is 0 Å². The molecule has 0 spiro atoms. The lowest BCUT2D eigenvalue weighted by Gasteiger charge is -2.23. The molecule has 2 atom stereocenters. The van der Waals surface area contributed by atoms with Crippen molar-refractivity contribution in [1.82, 2.24) is 10.6 Å². The number of carbonyl (C=O) groups excluding carboxylic acids is 1. The van der Waals surface area contributed by atoms with Gasteiger partial charge in [0.15, 0.2) is 0 Å². The Balaban J connectivity index is 1.73. The first-order valence-electron chi connectivity index (χ1n) is 5.28. The van der Waals surface area contributed by atoms with E-state index >= 15 is 0 Å². The Bertz CT molecular complexity index is 199. The standard InChI is InChI=1S/C10H18N2O/c1-7-6-9(7)10(13)12-8-2-4-11-5-3-8/h7-9,11H,2-6H2,1H3,(H,12,13). The molecule has 2 N–H and O–H groups in total. The maximum atomic E-state index is 11.6. The predicted molar refractivity (Wildman–Crippen MR) is 51.3 cm³/mol. The molecule has 1 saturated heterocycles. The molecular weight excluding hydrogens is 164 g/mol. The molecule has 2 aliphatic rings. The smallest absolute Gasteiger partial charge is 0.223 e. The summed E-state index contributed by atoms with van der Waals surface area (Å²) in [4.78, 5) is 11.6. The highest BCUT2D eigenvalue weighted by Gasteiger charge is 2.39. The van der Waals surface area contributed by atoms with Gasteiger partial charge in [0, 0.05) is 12.0 Å². The molecule has 3 nitrogen and oxygen atoms in total. The Morgan fingerprint density at radius 1 is 1.38 bits per heavy atom. The molecule has 0 radical (unpaired) electrons. The van der Waals surface area contributed by atoms with Crippen LogP contribution in [0.3, 0.4) is 0 Å². The second kappa shape index (κ2) is 3.66. The highest BCUT2D eigenvalue weighted by atomic mass is 16.2. The number of piperidine rings is 1. The highest BCUT2D eigenvalue weighted by Crippen LogP contribution is 2.37. The minimum absolute atomic E-state index is 0.291. The van der Waals surface area contributed by atoms with Crippen molar-refractivity contribution in [2.75, 3.05) is 13.1 Å². The van der Waals surface area contributed by atoms with Gasteiger partial charge in [-0.3, -0.25) is 4.79 Å². The van der Waals surface area contributed by atoms with E-state index in [0.29, 0.717) is 23.8 Å². The number of amides is 1. The average molecular weight is 182 g/mol. The summed E-state index contributed by atoms with van der Waals surface area (Å²) in [5, 5.41) is 6.42. The molecule has 2 rings (SSSR count). The van der Waals surface area contributed by atoms with E-state index in [2.05, 4.69) is 17.6 Å². The Hall–Kier alpha value is -0.570. The van der Waals surface area contributed by atoms with E-state index in [9.17, 15) is 4.79 Å². The molecule has 1 aliphatic carbocycles. The lowest BCUT2D eigenvalue weighted by Crippen LogP contribution is -2.43. The summed E-state index contributed by atoms with van der Waals surface area (Å²) in [6, 6.07) is 0.432. The summed E-state index contributed by atoms with van der Waals surface area (Å²) in [5.41, 5.74) is 0. The summed E-state index contributed by atoms with van der Waals surface area (Å²) in [7, 11) is 0. The molecule has 0 aromatic carbocycles. The van der Waals surface area contributed by atoms with E-state index in [1.807, 2.05) is 0 Å². The average Bonchev–Trinajstić information content (AvgIpc) is 2.84. The third kappa shape index (κ3) is 2.21. The van der Waals surface area contributed by atoms with Gasteiger partial charge in [-0.05, 0) is 38.3 Å². The molecule has 0 bridgehead atoms. The van der Waals surface area contributed by atoms with Gasteiger partial charge in [0.2, 0.25) is 5.91 Å². The van der Waals surface area contributed by atoms with Crippen LogP contribution < -0.4 is 10.6 Å². The molecule has 1 aliphatic heterocycles. The number of rotatable bonds is 2. The Labute approximate surface area is 79.3 Å². The molecule has 1 amide bonds. The molecule has 2 fully saturated rings. The van der Waals surface area contributed by atoms with Crippen molar-refractivity contribution in [3.05, 3.63) is 0 Å². The molecule has 74 valence electrons. The minimum atomic E-state index is 0.291. The number of hydrogen-bond donors (Lipinski definition) is 2. The zero-order chi connectivity index (χ0) is 9.26. The van der Waals surface area contributed by atoms with Gasteiger partial charge in [-0.15, -0.1) is 0 Å². The van der Waals surface area contributed by atoms with Gasteiger partial charge < -0.3 is 10.6 Å². The predicted octanol–water partition coefficient (Wildman–Crippen LogP) is 0.511. The van der Waals surface area contributed by atoms with Gasteiger partial charge in [0.05, 0.1) is 0 Å². The van der Waals surface area contributed by atoms with Gasteiger partial charge in [0.25, 0.3) is 0 Å². The molecule has 0 aromatic rings. The minimum Gasteiger partial charge on any atom is -0.353 e. The van der Waals surface area contributed by atoms with Crippen LogP contribution in [0.5, 0.6) is 0 Å². The van der Waals surface area contributed by atoms with Crippen molar-refractivity contribution in [3.8, 4) is 0 Å². The van der Waals surface area contributed by atoms with E-state index in [1.165, 1.54) is 0 Å². The molecule has 3 heteroatoms. The molecule has 2 unspecified atom stereocenters. The summed E-state index contributed by atoms with van der Waals surface area (Å²) in [6.45, 7) is 4.24. The maximum absolute atomic E-state index is 11.6. The lowest BCUT2D eigenvalue weighted by molar-refractivity contribution is -0.123. The molecule has 0 aromatic heterocycles. The molecule has 1 saturated carbocycles. The van der Waals surface area contributed by atoms with Gasteiger partial charge in [-0.2, -0.15) is 0 Å². The van der Waals surface area contributed by atoms with E-state index in [0.717, 1.165) is 32.4 Å². The van der Waals surface area contributed by atoms with Crippen molar-refractivity contribution in [1.29, 1.82) is 0 Å². The lowest BCUT2D eigenvalue weighted by atomic mass is 10.1. The van der Waals surface area contributed by atoms with Gasteiger partial charge in [0.1, 0.15) is 0 Å². The van der Waals surface area contributed by atoms with Crippen LogP contribution in [0.1, 0.15) is 26.2 Å². The fourth-order valence-corrected chi connectivity index (χ4v) is 1.96. The van der Waals surface area contributed by atoms with Crippen LogP contribution in [-0.2, 0) is 4.79 Å². The SMILES string of the molecule is CC1CC1C(=O)NC1CCNCC1. The summed E-state index contributed by atoms with van der Waals surface area (Å²) in [5.74, 6) is 1.25. The Kier molecular flexibility index (Phi) is 2.54. The second-order valence-electron chi connectivity index (χ2n) is 4.35. The van der Waals surface area contributed by atoms with E-state index < -0.39 is 0 Å². The van der Waals surface area contributed by atoms with Crippen molar-refractivity contribution in [3.63, 3.8) is 0 Å². The first-order valence-corrected chi connectivity index (χ1v) is 5.28. The van der Waals surface area contributed by atoms with Crippen LogP contribution in [-0.4, -0.2) is 25.0 Å². The van der Waals surface area contributed by atoms with E-state index in [4.69, 9.17) is 0 Å². The first-order chi connectivity index (χ1) is 6.27. The third-order valence-corrected chi connectivity index (χ3v) is 3.13. The topological polar surface area (TPSA) is 41.1 Å². The van der Waals surface area contributed by atoms with Crippen LogP contribution in [0.25, 0.3) is 0 Å². The molecular formula is C10H18N2O. The van der Waals surface area contributed by atoms with Crippen molar-refractivity contribution in [2.45, 2.75) is 32.2 Å². The van der Waals surface area contributed by atoms with Crippen LogP contribution in [0.4, 0.5) is 0 Å². The summed E-state index contributed by atoms with van der Waals surface area (Å²) >= 11 is 0. The quantitative estimate of drug-likeness (QED) is 0.653. The van der Waals surface area contributed by atoms with Crippen LogP contribution in [0, 0.1) is 11.8 Å². The zero-order valence-corrected chi connectivity index (χ0v) is 8.18. The molecule has 13 heavy (non-hydrogen) atoms. The van der Waals surface area contributed by atoms with Crippen LogP contribution in [0.2, 0.25) is 0 Å². The summed E-state index contributed by atoms with van der Waals surface area (Å²) < 4.78 is 0. The second-order valence-corrected chi connectivity index (χ2v) is 4.35. The zero-order valence-electron chi connectivity index (χ0n) is 8.18. The Morgan fingerprint density at radius 3 is 2.54 bits per heavy atom. The third-order valence-electron chi connectivity index (χ3n) is 3.13. The number of nitrogens with one attached hydrogen (secondary N) is 2. The van der Waals surface area contributed by atoms with Crippen molar-refractivity contribution >= 4 is 5.91 Å². The fraction of sp³-hybridized carbons (Fsp3) is 0.900. The van der Waals surface area contributed by atoms with E-state index in [-0.39, 0.29) is 0 Å². The Morgan fingerprint density at radius 2 is 2.00 bits per heavy atom. The monoisotopic (exact) mass is 182 g/mol. The maximum Gasteiger partial charge on any atom is 0.223 e. The normalized spacial score (nSPS) is 34.2. The molecule has 1 heterocycles. The summed E-state index contributed by atoms with van der Waals surface area (Å²) in [6.07, 6.45) is 3.27. The van der Waals surface area contributed by atoms with Gasteiger partial charge >= 0.3 is 0 Å². The van der Waals surface area contributed by atoms with Gasteiger partial charge in [-0.25, -0.2) is 0 Å². The largest absolute Gasteiger partial charge is 0.353 e. The number of hydrogen-bond acceptors (Lipinski definition) is 2.